The largest absolute Gasteiger partial charge is 0.492 e. The highest BCUT2D eigenvalue weighted by Crippen LogP contribution is 2.31. The van der Waals surface area contributed by atoms with Crippen LogP contribution in [0.15, 0.2) is 18.2 Å². The van der Waals surface area contributed by atoms with Crippen LogP contribution in [-0.4, -0.2) is 12.6 Å². The quantitative estimate of drug-likeness (QED) is 0.693. The van der Waals surface area contributed by atoms with Gasteiger partial charge in [0.2, 0.25) is 0 Å². The van der Waals surface area contributed by atoms with Crippen molar-refractivity contribution in [2.24, 2.45) is 5.92 Å². The Kier molecular flexibility index (Phi) is 6.41. The van der Waals surface area contributed by atoms with Crippen LogP contribution in [0.4, 0.5) is 5.69 Å². The van der Waals surface area contributed by atoms with Gasteiger partial charge in [0.15, 0.2) is 0 Å². The maximum absolute atomic E-state index is 5.79. The van der Waals surface area contributed by atoms with Crippen molar-refractivity contribution in [3.63, 3.8) is 0 Å². The molecule has 1 aromatic carbocycles. The molecule has 0 bridgehead atoms. The van der Waals surface area contributed by atoms with E-state index in [1.807, 2.05) is 6.92 Å². The molecule has 0 heterocycles. The highest BCUT2D eigenvalue weighted by molar-refractivity contribution is 5.58. The summed E-state index contributed by atoms with van der Waals surface area (Å²) in [6.45, 7) is 7.20. The fourth-order valence-corrected chi connectivity index (χ4v) is 3.46. The third-order valence-corrected chi connectivity index (χ3v) is 4.58. The predicted octanol–water partition coefficient (Wildman–Crippen LogP) is 5.55. The summed E-state index contributed by atoms with van der Waals surface area (Å²) in [7, 11) is 0. The van der Waals surface area contributed by atoms with E-state index in [0.717, 1.165) is 18.3 Å². The second-order valence-corrected chi connectivity index (χ2v) is 6.44. The Bertz CT molecular complexity index is 430. The Morgan fingerprint density at radius 3 is 2.76 bits per heavy atom. The van der Waals surface area contributed by atoms with Crippen LogP contribution < -0.4 is 10.1 Å². The molecule has 1 aliphatic carbocycles. The van der Waals surface area contributed by atoms with Gasteiger partial charge >= 0.3 is 0 Å². The number of nitrogens with one attached hydrogen (secondary N) is 1. The highest BCUT2D eigenvalue weighted by atomic mass is 16.5. The number of anilines is 1. The molecular weight excluding hydrogens is 258 g/mol. The van der Waals surface area contributed by atoms with Crippen LogP contribution in [0.25, 0.3) is 0 Å². The summed E-state index contributed by atoms with van der Waals surface area (Å²) in [5, 5.41) is 3.74. The normalized spacial score (nSPS) is 22.6. The number of ether oxygens (including phenoxy) is 1. The molecular formula is C19H31NO. The Balaban J connectivity index is 1.98. The Labute approximate surface area is 130 Å². The smallest absolute Gasteiger partial charge is 0.142 e. The van der Waals surface area contributed by atoms with Crippen LogP contribution in [-0.2, 0) is 0 Å². The van der Waals surface area contributed by atoms with Crippen LogP contribution >= 0.6 is 0 Å². The molecule has 0 radical (unpaired) electrons. The van der Waals surface area contributed by atoms with Crippen molar-refractivity contribution in [2.75, 3.05) is 11.9 Å². The number of rotatable bonds is 6. The van der Waals surface area contributed by atoms with Crippen LogP contribution in [0.5, 0.6) is 5.75 Å². The molecule has 21 heavy (non-hydrogen) atoms. The summed E-state index contributed by atoms with van der Waals surface area (Å²) in [4.78, 5) is 0. The van der Waals surface area contributed by atoms with Gasteiger partial charge in [-0.3, -0.25) is 0 Å². The van der Waals surface area contributed by atoms with E-state index in [1.165, 1.54) is 56.2 Å². The minimum Gasteiger partial charge on any atom is -0.492 e. The van der Waals surface area contributed by atoms with Gasteiger partial charge in [-0.2, -0.15) is 0 Å². The average molecular weight is 289 g/mol. The van der Waals surface area contributed by atoms with Crippen LogP contribution in [0.2, 0.25) is 0 Å². The lowest BCUT2D eigenvalue weighted by Gasteiger charge is -2.20. The first-order chi connectivity index (χ1) is 10.2. The summed E-state index contributed by atoms with van der Waals surface area (Å²) < 4.78 is 5.79. The zero-order chi connectivity index (χ0) is 15.1. The van der Waals surface area contributed by atoms with E-state index in [-0.39, 0.29) is 0 Å². The molecule has 0 amide bonds. The summed E-state index contributed by atoms with van der Waals surface area (Å²) in [6.07, 6.45) is 9.47. The molecule has 1 aliphatic rings. The molecule has 1 fully saturated rings. The number of benzene rings is 1. The van der Waals surface area contributed by atoms with Gasteiger partial charge in [-0.05, 0) is 56.7 Å². The van der Waals surface area contributed by atoms with Crippen molar-refractivity contribution < 1.29 is 4.74 Å². The molecule has 1 N–H and O–H groups in total. The maximum Gasteiger partial charge on any atom is 0.142 e. The zero-order valence-corrected chi connectivity index (χ0v) is 14.0. The molecule has 2 unspecified atom stereocenters. The van der Waals surface area contributed by atoms with Gasteiger partial charge in [0.05, 0.1) is 12.3 Å². The van der Waals surface area contributed by atoms with Gasteiger partial charge in [0.25, 0.3) is 0 Å². The fraction of sp³-hybridized carbons (Fsp3) is 0.684. The lowest BCUT2D eigenvalue weighted by molar-refractivity contribution is 0.341. The molecule has 0 spiro atoms. The standard InChI is InChI=1S/C19H31NO/c1-4-7-16-8-6-9-17(12-11-16)20-18-13-10-15(3)14-19(18)21-5-2/h10,13-14,16-17,20H,4-9,11-12H2,1-3H3. The monoisotopic (exact) mass is 289 g/mol. The van der Waals surface area contributed by atoms with Crippen LogP contribution in [0.3, 0.4) is 0 Å². The van der Waals surface area contributed by atoms with Gasteiger partial charge in [-0.1, -0.05) is 38.7 Å². The molecule has 118 valence electrons. The second kappa shape index (κ2) is 8.31. The molecule has 2 atom stereocenters. The summed E-state index contributed by atoms with van der Waals surface area (Å²) in [5.74, 6) is 1.96. The van der Waals surface area contributed by atoms with Crippen molar-refractivity contribution >= 4 is 5.69 Å². The topological polar surface area (TPSA) is 21.3 Å². The Hall–Kier alpha value is -1.18. The van der Waals surface area contributed by atoms with Crippen molar-refractivity contribution in [3.8, 4) is 5.75 Å². The predicted molar refractivity (Wildman–Crippen MR) is 91.2 cm³/mol. The minimum atomic E-state index is 0.605. The molecule has 1 aromatic rings. The molecule has 0 aliphatic heterocycles. The first-order valence-corrected chi connectivity index (χ1v) is 8.72. The Morgan fingerprint density at radius 1 is 1.14 bits per heavy atom. The van der Waals surface area contributed by atoms with Crippen molar-refractivity contribution in [1.29, 1.82) is 0 Å². The molecule has 2 nitrogen and oxygen atoms in total. The maximum atomic E-state index is 5.79. The number of hydrogen-bond donors (Lipinski definition) is 1. The van der Waals surface area contributed by atoms with Gasteiger partial charge in [-0.15, -0.1) is 0 Å². The van der Waals surface area contributed by atoms with Gasteiger partial charge in [-0.25, -0.2) is 0 Å². The van der Waals surface area contributed by atoms with Crippen molar-refractivity contribution in [2.45, 2.75) is 71.8 Å². The van der Waals surface area contributed by atoms with Gasteiger partial charge in [0, 0.05) is 6.04 Å². The van der Waals surface area contributed by atoms with Gasteiger partial charge < -0.3 is 10.1 Å². The molecule has 2 heteroatoms. The molecule has 2 rings (SSSR count). The van der Waals surface area contributed by atoms with Crippen molar-refractivity contribution in [1.82, 2.24) is 0 Å². The fourth-order valence-electron chi connectivity index (χ4n) is 3.46. The first-order valence-electron chi connectivity index (χ1n) is 8.72. The Morgan fingerprint density at radius 2 is 2.00 bits per heavy atom. The lowest BCUT2D eigenvalue weighted by atomic mass is 9.95. The number of hydrogen-bond acceptors (Lipinski definition) is 2. The van der Waals surface area contributed by atoms with E-state index in [9.17, 15) is 0 Å². The van der Waals surface area contributed by atoms with Crippen LogP contribution in [0, 0.1) is 12.8 Å². The summed E-state index contributed by atoms with van der Waals surface area (Å²) >= 11 is 0. The third-order valence-electron chi connectivity index (χ3n) is 4.58. The van der Waals surface area contributed by atoms with E-state index in [1.54, 1.807) is 0 Å². The lowest BCUT2D eigenvalue weighted by Crippen LogP contribution is -2.19. The SMILES string of the molecule is CCCC1CCCC(Nc2ccc(C)cc2OCC)CC1. The average Bonchev–Trinajstić information content (AvgIpc) is 2.68. The first kappa shape index (κ1) is 16.2. The summed E-state index contributed by atoms with van der Waals surface area (Å²) in [5.41, 5.74) is 2.43. The summed E-state index contributed by atoms with van der Waals surface area (Å²) in [6, 6.07) is 7.09. The van der Waals surface area contributed by atoms with E-state index in [2.05, 4.69) is 37.4 Å². The van der Waals surface area contributed by atoms with E-state index < -0.39 is 0 Å². The molecule has 0 saturated heterocycles. The molecule has 1 saturated carbocycles. The number of aryl methyl sites for hydroxylation is 1. The van der Waals surface area contributed by atoms with E-state index >= 15 is 0 Å². The van der Waals surface area contributed by atoms with Crippen LogP contribution in [0.1, 0.15) is 64.4 Å². The minimum absolute atomic E-state index is 0.605. The van der Waals surface area contributed by atoms with Crippen molar-refractivity contribution in [3.05, 3.63) is 23.8 Å². The van der Waals surface area contributed by atoms with E-state index in [0.29, 0.717) is 6.04 Å². The zero-order valence-electron chi connectivity index (χ0n) is 14.0. The van der Waals surface area contributed by atoms with E-state index in [4.69, 9.17) is 4.74 Å². The molecule has 0 aromatic heterocycles. The highest BCUT2D eigenvalue weighted by Gasteiger charge is 2.19. The van der Waals surface area contributed by atoms with Gasteiger partial charge in [0.1, 0.15) is 5.75 Å². The third kappa shape index (κ3) is 4.94. The second-order valence-electron chi connectivity index (χ2n) is 6.44.